The number of rotatable bonds is 6. The summed E-state index contributed by atoms with van der Waals surface area (Å²) < 4.78 is 0. The van der Waals surface area contributed by atoms with Crippen molar-refractivity contribution in [1.29, 1.82) is 0 Å². The van der Waals surface area contributed by atoms with Gasteiger partial charge in [0.25, 0.3) is 0 Å². The first-order chi connectivity index (χ1) is 26.4. The molecule has 0 saturated carbocycles. The molecular weight excluding hydrogens is 677 g/mol. The van der Waals surface area contributed by atoms with Crippen molar-refractivity contribution in [3.63, 3.8) is 0 Å². The molecule has 0 spiro atoms. The lowest BCUT2D eigenvalue weighted by Gasteiger charge is -2.32. The first-order valence-corrected chi connectivity index (χ1v) is 19.0. The Morgan fingerprint density at radius 3 is 1.39 bits per heavy atom. The summed E-state index contributed by atoms with van der Waals surface area (Å²) in [7, 11) is 0. The predicted molar refractivity (Wildman–Crippen MR) is 207 cm³/mol. The zero-order chi connectivity index (χ0) is 37.0. The number of nitrogens with zero attached hydrogens (tertiary/aromatic N) is 2. The molecule has 0 bridgehead atoms. The second-order valence-corrected chi connectivity index (χ2v) is 14.4. The highest BCUT2D eigenvalue weighted by atomic mass is 16.2. The van der Waals surface area contributed by atoms with Crippen LogP contribution in [-0.4, -0.2) is 71.7 Å². The number of anilines is 2. The Morgan fingerprint density at radius 2 is 0.963 bits per heavy atom. The zero-order valence-corrected chi connectivity index (χ0v) is 30.1. The number of benzene rings is 4. The van der Waals surface area contributed by atoms with Gasteiger partial charge < -0.3 is 31.1 Å². The molecule has 10 heteroatoms. The fourth-order valence-corrected chi connectivity index (χ4v) is 8.26. The van der Waals surface area contributed by atoms with Gasteiger partial charge in [0.15, 0.2) is 0 Å². The molecule has 4 amide bonds. The molecule has 4 heterocycles. The van der Waals surface area contributed by atoms with Crippen LogP contribution in [0.5, 0.6) is 0 Å². The Balaban J connectivity index is 0.847. The highest BCUT2D eigenvalue weighted by Gasteiger charge is 2.40. The molecule has 0 radical (unpaired) electrons. The van der Waals surface area contributed by atoms with E-state index < -0.39 is 24.2 Å². The maximum Gasteiger partial charge on any atom is 0.247 e. The fourth-order valence-electron chi connectivity index (χ4n) is 8.26. The van der Waals surface area contributed by atoms with E-state index in [9.17, 15) is 19.2 Å². The van der Waals surface area contributed by atoms with Gasteiger partial charge in [0.2, 0.25) is 23.6 Å². The van der Waals surface area contributed by atoms with E-state index in [4.69, 9.17) is 0 Å². The van der Waals surface area contributed by atoms with E-state index in [-0.39, 0.29) is 23.6 Å². The van der Waals surface area contributed by atoms with E-state index in [1.165, 1.54) is 11.1 Å². The van der Waals surface area contributed by atoms with Crippen LogP contribution in [0.15, 0.2) is 97.1 Å². The molecule has 54 heavy (non-hydrogen) atoms. The molecule has 8 rings (SSSR count). The number of hydrogen-bond donors (Lipinski definition) is 4. The number of amides is 4. The molecule has 0 unspecified atom stereocenters. The monoisotopic (exact) mass is 720 g/mol. The minimum absolute atomic E-state index is 0.0489. The van der Waals surface area contributed by atoms with Crippen LogP contribution >= 0.6 is 0 Å². The SMILES string of the molecule is O=C(Nc1ccc(C#Cc2ccc(NC(=O)[C@@H]3CCCN3C(=O)[C@@H]3NCCc4ccccc43)cc2)cc1)[C@@H]1CCCN1C(=O)[C@@H]1NCCc2ccccc21. The zero-order valence-electron chi connectivity index (χ0n) is 30.1. The molecule has 2 saturated heterocycles. The van der Waals surface area contributed by atoms with Gasteiger partial charge >= 0.3 is 0 Å². The predicted octanol–water partition coefficient (Wildman–Crippen LogP) is 4.72. The molecule has 0 aromatic heterocycles. The number of carbonyl (C=O) groups is 4. The summed E-state index contributed by atoms with van der Waals surface area (Å²) in [6, 6.07) is 28.9. The van der Waals surface area contributed by atoms with Crippen molar-refractivity contribution in [2.45, 2.75) is 62.7 Å². The van der Waals surface area contributed by atoms with E-state index >= 15 is 0 Å². The minimum Gasteiger partial charge on any atom is -0.329 e. The molecule has 4 aliphatic heterocycles. The second kappa shape index (κ2) is 15.7. The molecule has 274 valence electrons. The van der Waals surface area contributed by atoms with E-state index in [1.54, 1.807) is 9.80 Å². The Morgan fingerprint density at radius 1 is 0.556 bits per heavy atom. The third kappa shape index (κ3) is 7.38. The Hall–Kier alpha value is -5.76. The van der Waals surface area contributed by atoms with Gasteiger partial charge in [-0.15, -0.1) is 0 Å². The van der Waals surface area contributed by atoms with E-state index in [0.29, 0.717) is 37.3 Å². The lowest BCUT2D eigenvalue weighted by Crippen LogP contribution is -2.49. The molecule has 4 aromatic carbocycles. The largest absolute Gasteiger partial charge is 0.329 e. The van der Waals surface area contributed by atoms with Crippen molar-refractivity contribution in [3.8, 4) is 11.8 Å². The van der Waals surface area contributed by atoms with Gasteiger partial charge in [0.05, 0.1) is 0 Å². The molecule has 4 atom stereocenters. The van der Waals surface area contributed by atoms with Crippen LogP contribution in [0.3, 0.4) is 0 Å². The highest BCUT2D eigenvalue weighted by Crippen LogP contribution is 2.30. The van der Waals surface area contributed by atoms with Gasteiger partial charge in [0.1, 0.15) is 24.2 Å². The molecule has 4 N–H and O–H groups in total. The van der Waals surface area contributed by atoms with E-state index in [1.807, 2.05) is 84.9 Å². The third-order valence-electron chi connectivity index (χ3n) is 11.0. The molecule has 2 fully saturated rings. The van der Waals surface area contributed by atoms with Crippen molar-refractivity contribution in [2.75, 3.05) is 36.8 Å². The summed E-state index contributed by atoms with van der Waals surface area (Å²) in [6.07, 6.45) is 4.60. The summed E-state index contributed by atoms with van der Waals surface area (Å²) in [4.78, 5) is 57.5. The first kappa shape index (κ1) is 35.3. The summed E-state index contributed by atoms with van der Waals surface area (Å²) in [5.41, 5.74) is 7.22. The lowest BCUT2D eigenvalue weighted by atomic mass is 9.93. The van der Waals surface area contributed by atoms with Crippen molar-refractivity contribution in [1.82, 2.24) is 20.4 Å². The van der Waals surface area contributed by atoms with Gasteiger partial charge in [-0.05, 0) is 109 Å². The average Bonchev–Trinajstić information content (AvgIpc) is 3.92. The summed E-state index contributed by atoms with van der Waals surface area (Å²) in [6.45, 7) is 2.59. The van der Waals surface area contributed by atoms with Crippen LogP contribution in [0.4, 0.5) is 11.4 Å². The molecule has 4 aromatic rings. The van der Waals surface area contributed by atoms with Gasteiger partial charge in [0, 0.05) is 48.7 Å². The number of hydrogen-bond acceptors (Lipinski definition) is 6. The molecular formula is C44H44N6O4. The summed E-state index contributed by atoms with van der Waals surface area (Å²) in [5.74, 6) is 5.86. The van der Waals surface area contributed by atoms with Crippen LogP contribution in [0.25, 0.3) is 0 Å². The Kier molecular flexibility index (Phi) is 10.2. The van der Waals surface area contributed by atoms with Crippen LogP contribution in [0, 0.1) is 11.8 Å². The molecule has 0 aliphatic carbocycles. The van der Waals surface area contributed by atoms with E-state index in [2.05, 4.69) is 45.2 Å². The van der Waals surface area contributed by atoms with Gasteiger partial charge in [-0.2, -0.15) is 0 Å². The lowest BCUT2D eigenvalue weighted by molar-refractivity contribution is -0.138. The topological polar surface area (TPSA) is 123 Å². The number of likely N-dealkylation sites (tertiary alicyclic amines) is 2. The minimum atomic E-state index is -0.516. The maximum absolute atomic E-state index is 13.6. The highest BCUT2D eigenvalue weighted by molar-refractivity contribution is 5.99. The normalized spacial score (nSPS) is 21.6. The Labute approximate surface area is 315 Å². The van der Waals surface area contributed by atoms with Crippen molar-refractivity contribution >= 4 is 35.0 Å². The van der Waals surface area contributed by atoms with Crippen LogP contribution in [0.1, 0.15) is 71.1 Å². The fraction of sp³-hybridized carbons (Fsp3) is 0.318. The van der Waals surface area contributed by atoms with Crippen molar-refractivity contribution in [2.24, 2.45) is 0 Å². The Bertz CT molecular complexity index is 1970. The average molecular weight is 721 g/mol. The standard InChI is InChI=1S/C44H44N6O4/c51-41(37-11-5-27-49(37)43(53)39-35-9-3-1-7-31(35)23-25-45-39)47-33-19-15-29(16-20-33)13-14-30-17-21-34(22-18-30)48-42(52)38-12-6-28-50(38)44(54)40-36-10-4-2-8-32(36)24-26-46-40/h1-4,7-10,15-22,37-40,45-46H,5-6,11-12,23-28H2,(H,47,51)(H,48,52)/t37-,38-,39+,40+/m0/s1. The summed E-state index contributed by atoms with van der Waals surface area (Å²) >= 11 is 0. The number of carbonyl (C=O) groups excluding carboxylic acids is 4. The van der Waals surface area contributed by atoms with Crippen LogP contribution in [0.2, 0.25) is 0 Å². The molecule has 4 aliphatic rings. The number of nitrogens with one attached hydrogen (secondary N) is 4. The maximum atomic E-state index is 13.6. The van der Waals surface area contributed by atoms with Gasteiger partial charge in [-0.1, -0.05) is 60.4 Å². The summed E-state index contributed by atoms with van der Waals surface area (Å²) in [5, 5.41) is 12.7. The van der Waals surface area contributed by atoms with Gasteiger partial charge in [-0.25, -0.2) is 0 Å². The smallest absolute Gasteiger partial charge is 0.247 e. The molecule has 10 nitrogen and oxygen atoms in total. The van der Waals surface area contributed by atoms with Crippen molar-refractivity contribution < 1.29 is 19.2 Å². The third-order valence-corrected chi connectivity index (χ3v) is 11.0. The van der Waals surface area contributed by atoms with Crippen molar-refractivity contribution in [3.05, 3.63) is 130 Å². The quantitative estimate of drug-likeness (QED) is 0.214. The second-order valence-electron chi connectivity index (χ2n) is 14.4. The van der Waals surface area contributed by atoms with Crippen LogP contribution < -0.4 is 21.3 Å². The van der Waals surface area contributed by atoms with Gasteiger partial charge in [-0.3, -0.25) is 19.2 Å². The number of fused-ring (bicyclic) bond motifs is 2. The van der Waals surface area contributed by atoms with E-state index in [0.717, 1.165) is 61.0 Å². The van der Waals surface area contributed by atoms with Crippen LogP contribution in [-0.2, 0) is 32.0 Å². The first-order valence-electron chi connectivity index (χ1n) is 19.0.